The van der Waals surface area contributed by atoms with E-state index in [1.807, 2.05) is 24.3 Å². The van der Waals surface area contributed by atoms with E-state index in [4.69, 9.17) is 8.83 Å². The summed E-state index contributed by atoms with van der Waals surface area (Å²) in [4.78, 5) is 2.30. The summed E-state index contributed by atoms with van der Waals surface area (Å²) in [7, 11) is 0. The molecule has 14 aromatic carbocycles. The number of hydrogen-bond acceptors (Lipinski definition) is 3. The largest absolute Gasteiger partial charge is 0.454 e. The normalized spacial score (nSPS) is 12.0. The Morgan fingerprint density at radius 2 is 0.624 bits per heavy atom. The molecule has 0 N–H and O–H groups in total. The van der Waals surface area contributed by atoms with Gasteiger partial charge in [-0.05, 0) is 170 Å². The Morgan fingerprint density at radius 1 is 0.235 bits per heavy atom. The Labute approximate surface area is 488 Å². The monoisotopic (exact) mass is 1080 g/mol. The number of benzene rings is 14. The first kappa shape index (κ1) is 47.3. The molecule has 0 saturated carbocycles. The van der Waals surface area contributed by atoms with Gasteiger partial charge in [0.15, 0.2) is 11.2 Å². The molecular formula is C80H49N3O2. The molecule has 4 aromatic heterocycles. The van der Waals surface area contributed by atoms with Crippen LogP contribution in [0.4, 0.5) is 17.1 Å². The zero-order valence-corrected chi connectivity index (χ0v) is 45.9. The van der Waals surface area contributed by atoms with Gasteiger partial charge in [-0.25, -0.2) is 0 Å². The molecule has 0 unspecified atom stereocenters. The molecule has 0 amide bonds. The lowest BCUT2D eigenvalue weighted by molar-refractivity contribution is 0.666. The van der Waals surface area contributed by atoms with Crippen molar-refractivity contribution in [1.82, 2.24) is 9.13 Å². The second kappa shape index (κ2) is 18.6. The molecule has 396 valence electrons. The van der Waals surface area contributed by atoms with E-state index in [9.17, 15) is 0 Å². The van der Waals surface area contributed by atoms with Gasteiger partial charge in [-0.15, -0.1) is 0 Å². The van der Waals surface area contributed by atoms with Crippen molar-refractivity contribution in [2.45, 2.75) is 0 Å². The average Bonchev–Trinajstić information content (AvgIpc) is 4.15. The summed E-state index contributed by atoms with van der Waals surface area (Å²) in [6.07, 6.45) is 0. The van der Waals surface area contributed by atoms with Crippen LogP contribution in [0.5, 0.6) is 0 Å². The Bertz CT molecular complexity index is 5430. The lowest BCUT2D eigenvalue weighted by Crippen LogP contribution is -2.10. The van der Waals surface area contributed by atoms with Gasteiger partial charge < -0.3 is 22.9 Å². The summed E-state index contributed by atoms with van der Waals surface area (Å²) < 4.78 is 18.4. The number of para-hydroxylation sites is 6. The van der Waals surface area contributed by atoms with Crippen LogP contribution >= 0.6 is 0 Å². The molecule has 0 aliphatic carbocycles. The van der Waals surface area contributed by atoms with E-state index < -0.39 is 0 Å². The van der Waals surface area contributed by atoms with Crippen LogP contribution in [0.1, 0.15) is 0 Å². The fourth-order valence-electron chi connectivity index (χ4n) is 13.6. The van der Waals surface area contributed by atoms with E-state index >= 15 is 0 Å². The number of fused-ring (bicyclic) bond motifs is 14. The van der Waals surface area contributed by atoms with E-state index in [1.54, 1.807) is 0 Å². The van der Waals surface area contributed by atoms with Crippen molar-refractivity contribution in [2.24, 2.45) is 0 Å². The standard InChI is InChI=1S/C80H49N3O2/c1-3-17-53-46-61(39-33-50(53)15-1)82-71-25-9-5-19-63(71)69-48-55(35-41-73(69)82)58-43-57(44-59(45-58)56-36-42-74-70(49-56)64-20-6-10-26-72(64)83(74)62-40-34-51-16-2-4-18-54(51)47-62)52-31-37-60(38-32-52)81(75-27-13-23-67-65-21-7-11-29-77(65)84-79(67)75)76-28-14-24-68-66-22-8-12-30-78(66)85-80(68)76/h1-49H. The second-order valence-electron chi connectivity index (χ2n) is 22.4. The van der Waals surface area contributed by atoms with Crippen molar-refractivity contribution >= 4 is 126 Å². The number of hydrogen-bond donors (Lipinski definition) is 0. The summed E-state index contributed by atoms with van der Waals surface area (Å²) in [6.45, 7) is 0. The highest BCUT2D eigenvalue weighted by Crippen LogP contribution is 2.47. The third kappa shape index (κ3) is 7.44. The van der Waals surface area contributed by atoms with Crippen LogP contribution in [0.3, 0.4) is 0 Å². The van der Waals surface area contributed by atoms with E-state index in [0.717, 1.165) is 106 Å². The van der Waals surface area contributed by atoms with Gasteiger partial charge in [0.1, 0.15) is 11.2 Å². The Kier molecular flexibility index (Phi) is 10.3. The van der Waals surface area contributed by atoms with Crippen molar-refractivity contribution in [3.8, 4) is 44.8 Å². The first-order valence-corrected chi connectivity index (χ1v) is 29.0. The number of aromatic nitrogens is 2. The van der Waals surface area contributed by atoms with Crippen molar-refractivity contribution in [2.75, 3.05) is 4.90 Å². The van der Waals surface area contributed by atoms with E-state index in [1.165, 1.54) is 65.2 Å². The lowest BCUT2D eigenvalue weighted by Gasteiger charge is -2.26. The molecule has 18 rings (SSSR count). The molecule has 0 radical (unpaired) electrons. The van der Waals surface area contributed by atoms with Gasteiger partial charge in [0.2, 0.25) is 0 Å². The summed E-state index contributed by atoms with van der Waals surface area (Å²) in [5.41, 5.74) is 19.9. The number of anilines is 3. The van der Waals surface area contributed by atoms with Gasteiger partial charge >= 0.3 is 0 Å². The van der Waals surface area contributed by atoms with E-state index in [0.29, 0.717) is 0 Å². The van der Waals surface area contributed by atoms with Gasteiger partial charge in [0, 0.05) is 60.2 Å². The highest BCUT2D eigenvalue weighted by molar-refractivity contribution is 6.15. The van der Waals surface area contributed by atoms with Gasteiger partial charge in [0.05, 0.1) is 33.4 Å². The second-order valence-corrected chi connectivity index (χ2v) is 22.4. The zero-order valence-electron chi connectivity index (χ0n) is 45.9. The molecule has 4 heterocycles. The molecule has 0 aliphatic rings. The van der Waals surface area contributed by atoms with Crippen molar-refractivity contribution in [3.05, 3.63) is 297 Å². The molecule has 0 fully saturated rings. The van der Waals surface area contributed by atoms with Gasteiger partial charge in [0.25, 0.3) is 0 Å². The van der Waals surface area contributed by atoms with Crippen LogP contribution < -0.4 is 4.90 Å². The number of furan rings is 2. The highest BCUT2D eigenvalue weighted by Gasteiger charge is 2.24. The average molecular weight is 1080 g/mol. The van der Waals surface area contributed by atoms with Crippen LogP contribution in [-0.4, -0.2) is 9.13 Å². The zero-order chi connectivity index (χ0) is 55.7. The minimum atomic E-state index is 0.813. The van der Waals surface area contributed by atoms with Gasteiger partial charge in [-0.3, -0.25) is 0 Å². The lowest BCUT2D eigenvalue weighted by atomic mass is 9.92. The maximum absolute atomic E-state index is 6.79. The van der Waals surface area contributed by atoms with Crippen LogP contribution in [0, 0.1) is 0 Å². The minimum absolute atomic E-state index is 0.813. The first-order chi connectivity index (χ1) is 42.1. The third-order valence-corrected chi connectivity index (χ3v) is 17.6. The Balaban J connectivity index is 0.824. The quantitative estimate of drug-likeness (QED) is 0.152. The molecule has 0 saturated heterocycles. The highest BCUT2D eigenvalue weighted by atomic mass is 16.3. The predicted molar refractivity (Wildman–Crippen MR) is 356 cm³/mol. The maximum atomic E-state index is 6.79. The van der Waals surface area contributed by atoms with Crippen molar-refractivity contribution < 1.29 is 8.83 Å². The van der Waals surface area contributed by atoms with E-state index in [2.05, 4.69) is 287 Å². The number of rotatable bonds is 8. The molecule has 5 heteroatoms. The summed E-state index contributed by atoms with van der Waals surface area (Å²) >= 11 is 0. The molecule has 0 atom stereocenters. The fourth-order valence-corrected chi connectivity index (χ4v) is 13.6. The van der Waals surface area contributed by atoms with Gasteiger partial charge in [-0.1, -0.05) is 182 Å². The summed E-state index contributed by atoms with van der Waals surface area (Å²) in [5.74, 6) is 0. The fraction of sp³-hybridized carbons (Fsp3) is 0. The third-order valence-electron chi connectivity index (χ3n) is 17.6. The smallest absolute Gasteiger partial charge is 0.159 e. The minimum Gasteiger partial charge on any atom is -0.454 e. The predicted octanol–water partition coefficient (Wildman–Crippen LogP) is 22.5. The molecule has 0 spiro atoms. The first-order valence-electron chi connectivity index (χ1n) is 29.0. The summed E-state index contributed by atoms with van der Waals surface area (Å²) in [5, 5.41) is 14.0. The van der Waals surface area contributed by atoms with Crippen LogP contribution in [0.15, 0.2) is 306 Å². The Hall–Kier alpha value is -11.4. The van der Waals surface area contributed by atoms with Crippen LogP contribution in [0.25, 0.3) is 154 Å². The molecule has 18 aromatic rings. The van der Waals surface area contributed by atoms with Crippen molar-refractivity contribution in [3.63, 3.8) is 0 Å². The molecule has 0 aliphatic heterocycles. The molecule has 85 heavy (non-hydrogen) atoms. The van der Waals surface area contributed by atoms with Crippen LogP contribution in [0.2, 0.25) is 0 Å². The molecular weight excluding hydrogens is 1030 g/mol. The van der Waals surface area contributed by atoms with E-state index in [-0.39, 0.29) is 0 Å². The van der Waals surface area contributed by atoms with Gasteiger partial charge in [-0.2, -0.15) is 0 Å². The molecule has 5 nitrogen and oxygen atoms in total. The molecule has 0 bridgehead atoms. The SMILES string of the molecule is c1ccc2cc(-n3c4ccccc4c4cc(-c5cc(-c6ccc(N(c7cccc8c7oc7ccccc78)c7cccc8c7oc7ccccc78)cc6)cc(-c6ccc7c(c6)c6ccccc6n7-c6ccc7ccccc7c6)c5)ccc43)ccc2c1. The van der Waals surface area contributed by atoms with Crippen molar-refractivity contribution in [1.29, 1.82) is 0 Å². The Morgan fingerprint density at radius 3 is 1.12 bits per heavy atom. The summed E-state index contributed by atoms with van der Waals surface area (Å²) in [6, 6.07) is 108. The van der Waals surface area contributed by atoms with Crippen LogP contribution in [-0.2, 0) is 0 Å². The maximum Gasteiger partial charge on any atom is 0.159 e. The topological polar surface area (TPSA) is 39.4 Å². The number of nitrogens with zero attached hydrogens (tertiary/aromatic N) is 3.